The van der Waals surface area contributed by atoms with Gasteiger partial charge in [-0.25, -0.2) is 4.98 Å². The fraction of sp³-hybridized carbons (Fsp3) is 0. The van der Waals surface area contributed by atoms with Crippen molar-refractivity contribution in [3.8, 4) is 0 Å². The molecule has 3 heteroatoms. The highest BCUT2D eigenvalue weighted by atomic mass is 32.1. The number of anilines is 1. The zero-order chi connectivity index (χ0) is 4.41. The minimum Gasteiger partial charge on any atom is -0.375 e. The molecule has 2 N–H and O–H groups in total. The molecule has 0 saturated heterocycles. The first kappa shape index (κ1) is 3.61. The summed E-state index contributed by atoms with van der Waals surface area (Å²) in [7, 11) is 0. The Hall–Kier alpha value is -0.570. The van der Waals surface area contributed by atoms with Gasteiger partial charge in [-0.3, -0.25) is 0 Å². The molecule has 0 aliphatic heterocycles. The number of hydrogen-bond acceptors (Lipinski definition) is 3. The summed E-state index contributed by atoms with van der Waals surface area (Å²) in [5.41, 5.74) is 5.19. The van der Waals surface area contributed by atoms with Crippen LogP contribution in [-0.4, -0.2) is 4.98 Å². The minimum absolute atomic E-state index is 0.634. The van der Waals surface area contributed by atoms with E-state index in [0.29, 0.717) is 5.13 Å². The summed E-state index contributed by atoms with van der Waals surface area (Å²) in [6.07, 6.45) is 1.68. The summed E-state index contributed by atoms with van der Waals surface area (Å²) in [5.74, 6) is 0. The Morgan fingerprint density at radius 2 is 2.67 bits per heavy atom. The van der Waals surface area contributed by atoms with E-state index in [4.69, 9.17) is 5.73 Å². The first-order valence-electron chi connectivity index (χ1n) is 1.54. The van der Waals surface area contributed by atoms with Crippen LogP contribution in [0.2, 0.25) is 0 Å². The summed E-state index contributed by atoms with van der Waals surface area (Å²) < 4.78 is 0. The van der Waals surface area contributed by atoms with Crippen LogP contribution in [0.5, 0.6) is 0 Å². The largest absolute Gasteiger partial charge is 0.375 e. The smallest absolute Gasteiger partial charge is 0.179 e. The molecule has 0 aliphatic carbocycles. The highest BCUT2D eigenvalue weighted by molar-refractivity contribution is 7.13. The molecule has 0 saturated carbocycles. The molecule has 2 nitrogen and oxygen atoms in total. The lowest BCUT2D eigenvalue weighted by molar-refractivity contribution is 1.43. The molecule has 1 heterocycles. The normalized spacial score (nSPS) is 8.67. The molecule has 0 atom stereocenters. The van der Waals surface area contributed by atoms with Gasteiger partial charge >= 0.3 is 0 Å². The first-order valence-corrected chi connectivity index (χ1v) is 2.42. The Morgan fingerprint density at radius 1 is 1.83 bits per heavy atom. The Labute approximate surface area is 39.6 Å². The average molecular weight is 101 g/mol. The van der Waals surface area contributed by atoms with Gasteiger partial charge in [-0.1, -0.05) is 0 Å². The second-order valence-electron chi connectivity index (χ2n) is 0.870. The number of nitrogens with zero attached hydrogens (tertiary/aromatic N) is 1. The van der Waals surface area contributed by atoms with Crippen molar-refractivity contribution in [2.75, 3.05) is 5.73 Å². The van der Waals surface area contributed by atoms with Gasteiger partial charge in [0.2, 0.25) is 0 Å². The summed E-state index contributed by atoms with van der Waals surface area (Å²) in [6.45, 7) is 0. The third-order valence-corrected chi connectivity index (χ3v) is 1.06. The first-order chi connectivity index (χ1) is 2.89. The Morgan fingerprint density at radius 3 is 2.83 bits per heavy atom. The lowest BCUT2D eigenvalue weighted by atomic mass is 11.0. The Bertz CT molecular complexity index is 112. The van der Waals surface area contributed by atoms with E-state index in [2.05, 4.69) is 4.98 Å². The summed E-state index contributed by atoms with van der Waals surface area (Å²) in [4.78, 5) is 3.71. The number of rotatable bonds is 0. The van der Waals surface area contributed by atoms with Crippen LogP contribution in [0.25, 0.3) is 0 Å². The lowest BCUT2D eigenvalue weighted by Gasteiger charge is -1.67. The second kappa shape index (κ2) is 1.26. The van der Waals surface area contributed by atoms with E-state index in [1.807, 2.05) is 5.38 Å². The third kappa shape index (κ3) is 0.490. The predicted molar refractivity (Wildman–Crippen MR) is 26.5 cm³/mol. The summed E-state index contributed by atoms with van der Waals surface area (Å²) in [5, 5.41) is 2.48. The SMILES string of the molecule is N[13c]1nccs1. The summed E-state index contributed by atoms with van der Waals surface area (Å²) in [6, 6.07) is 0. The van der Waals surface area contributed by atoms with E-state index in [1.165, 1.54) is 11.3 Å². The van der Waals surface area contributed by atoms with Crippen LogP contribution < -0.4 is 5.73 Å². The highest BCUT2D eigenvalue weighted by Crippen LogP contribution is 2.02. The molecule has 0 bridgehead atoms. The zero-order valence-electron chi connectivity index (χ0n) is 3.09. The molecule has 1 rings (SSSR count). The molecule has 0 fully saturated rings. The van der Waals surface area contributed by atoms with Gasteiger partial charge in [-0.15, -0.1) is 11.3 Å². The number of aromatic nitrogens is 1. The molecular weight excluding hydrogens is 97.1 g/mol. The van der Waals surface area contributed by atoms with Gasteiger partial charge in [0.15, 0.2) is 5.13 Å². The van der Waals surface area contributed by atoms with E-state index in [1.54, 1.807) is 6.20 Å². The minimum atomic E-state index is 0.634. The van der Waals surface area contributed by atoms with Crippen LogP contribution in [0.15, 0.2) is 11.6 Å². The zero-order valence-corrected chi connectivity index (χ0v) is 3.90. The molecule has 6 heavy (non-hydrogen) atoms. The molecular formula is C3H4N2S. The molecule has 0 aromatic carbocycles. The van der Waals surface area contributed by atoms with Gasteiger partial charge in [0.25, 0.3) is 0 Å². The fourth-order valence-electron chi connectivity index (χ4n) is 0.234. The van der Waals surface area contributed by atoms with Gasteiger partial charge in [0.05, 0.1) is 0 Å². The van der Waals surface area contributed by atoms with Gasteiger partial charge in [-0.2, -0.15) is 0 Å². The van der Waals surface area contributed by atoms with Crippen molar-refractivity contribution >= 4 is 16.5 Å². The quantitative estimate of drug-likeness (QED) is 0.523. The molecule has 0 spiro atoms. The van der Waals surface area contributed by atoms with E-state index < -0.39 is 0 Å². The Kier molecular flexibility index (Phi) is 0.759. The molecule has 0 amide bonds. The van der Waals surface area contributed by atoms with Crippen LogP contribution in [0, 0.1) is 0 Å². The number of hydrogen-bond donors (Lipinski definition) is 1. The van der Waals surface area contributed by atoms with Gasteiger partial charge in [-0.05, 0) is 0 Å². The average Bonchev–Trinajstić information content (AvgIpc) is 1.86. The fourth-order valence-corrected chi connectivity index (χ4v) is 0.617. The van der Waals surface area contributed by atoms with E-state index in [0.717, 1.165) is 0 Å². The maximum Gasteiger partial charge on any atom is 0.179 e. The standard InChI is InChI=1S/C3H4N2S/c4-3-5-1-2-6-3/h1-2H,(H2,4,5)/i3+1. The maximum absolute atomic E-state index is 5.19. The Balaban J connectivity index is 3.05. The van der Waals surface area contributed by atoms with Crippen LogP contribution in [0.3, 0.4) is 0 Å². The molecule has 32 valence electrons. The van der Waals surface area contributed by atoms with Crippen LogP contribution in [0.4, 0.5) is 5.13 Å². The van der Waals surface area contributed by atoms with Gasteiger partial charge in [0, 0.05) is 11.6 Å². The van der Waals surface area contributed by atoms with Crippen LogP contribution in [-0.2, 0) is 0 Å². The van der Waals surface area contributed by atoms with Crippen molar-refractivity contribution < 1.29 is 0 Å². The molecule has 1 aromatic rings. The summed E-state index contributed by atoms with van der Waals surface area (Å²) >= 11 is 1.44. The van der Waals surface area contributed by atoms with Crippen molar-refractivity contribution in [1.29, 1.82) is 0 Å². The van der Waals surface area contributed by atoms with Crippen molar-refractivity contribution in [1.82, 2.24) is 4.98 Å². The van der Waals surface area contributed by atoms with Crippen molar-refractivity contribution in [3.05, 3.63) is 11.6 Å². The lowest BCUT2D eigenvalue weighted by Crippen LogP contribution is -1.77. The van der Waals surface area contributed by atoms with Crippen molar-refractivity contribution in [2.45, 2.75) is 0 Å². The second-order valence-corrected chi connectivity index (χ2v) is 1.80. The van der Waals surface area contributed by atoms with E-state index in [9.17, 15) is 0 Å². The number of nitrogen functional groups attached to an aromatic ring is 1. The number of thiazole rings is 1. The molecule has 0 radical (unpaired) electrons. The van der Waals surface area contributed by atoms with Crippen molar-refractivity contribution in [3.63, 3.8) is 0 Å². The van der Waals surface area contributed by atoms with Crippen LogP contribution in [0.1, 0.15) is 0 Å². The topological polar surface area (TPSA) is 38.9 Å². The van der Waals surface area contributed by atoms with Gasteiger partial charge < -0.3 is 5.73 Å². The monoisotopic (exact) mass is 101 g/mol. The van der Waals surface area contributed by atoms with Gasteiger partial charge in [0.1, 0.15) is 0 Å². The van der Waals surface area contributed by atoms with E-state index in [-0.39, 0.29) is 0 Å². The van der Waals surface area contributed by atoms with Crippen molar-refractivity contribution in [2.24, 2.45) is 0 Å². The molecule has 1 aromatic heterocycles. The van der Waals surface area contributed by atoms with Crippen LogP contribution >= 0.6 is 11.3 Å². The maximum atomic E-state index is 5.19. The number of nitrogens with two attached hydrogens (primary N) is 1. The van der Waals surface area contributed by atoms with E-state index >= 15 is 0 Å². The molecule has 0 unspecified atom stereocenters. The highest BCUT2D eigenvalue weighted by Gasteiger charge is 1.76. The predicted octanol–water partition coefficient (Wildman–Crippen LogP) is 0.725. The molecule has 0 aliphatic rings. The third-order valence-electron chi connectivity index (χ3n) is 0.451.